The standard InChI is InChI=1S/C10H19NO2.H2O4S/c1-6-9(12)13-8-10(2,3)7-11(4)5;1-5(2,3)4/h6H,1,7-8H2,2-5H3;(H2,1,2,3,4). The summed E-state index contributed by atoms with van der Waals surface area (Å²) in [4.78, 5) is 12.9. The lowest BCUT2D eigenvalue weighted by Crippen LogP contribution is -2.33. The minimum absolute atomic E-state index is 0.0117. The van der Waals surface area contributed by atoms with Crippen LogP contribution in [0.3, 0.4) is 0 Å². The van der Waals surface area contributed by atoms with Gasteiger partial charge in [-0.15, -0.1) is 0 Å². The van der Waals surface area contributed by atoms with Crippen LogP contribution in [0.15, 0.2) is 12.7 Å². The maximum atomic E-state index is 10.8. The number of esters is 1. The van der Waals surface area contributed by atoms with Crippen LogP contribution in [0.1, 0.15) is 13.8 Å². The van der Waals surface area contributed by atoms with Crippen molar-refractivity contribution in [1.82, 2.24) is 4.90 Å². The van der Waals surface area contributed by atoms with E-state index < -0.39 is 10.4 Å². The molecule has 0 unspecified atom stereocenters. The van der Waals surface area contributed by atoms with Gasteiger partial charge in [0.1, 0.15) is 0 Å². The molecule has 2 N–H and O–H groups in total. The molecule has 18 heavy (non-hydrogen) atoms. The summed E-state index contributed by atoms with van der Waals surface area (Å²) < 4.78 is 36.6. The van der Waals surface area contributed by atoms with Crippen molar-refractivity contribution < 1.29 is 27.1 Å². The van der Waals surface area contributed by atoms with Crippen molar-refractivity contribution in [3.05, 3.63) is 12.7 Å². The highest BCUT2D eigenvalue weighted by molar-refractivity contribution is 7.79. The molecule has 0 spiro atoms. The molecule has 0 atom stereocenters. The van der Waals surface area contributed by atoms with Crippen LogP contribution in [-0.2, 0) is 19.9 Å². The molecule has 0 saturated carbocycles. The zero-order valence-electron chi connectivity index (χ0n) is 11.1. The normalized spacial score (nSPS) is 11.5. The molecular formula is C10H21NO6S. The first-order valence-corrected chi connectivity index (χ1v) is 6.41. The Morgan fingerprint density at radius 3 is 2.06 bits per heavy atom. The summed E-state index contributed by atoms with van der Waals surface area (Å²) in [6, 6.07) is 0. The van der Waals surface area contributed by atoms with Crippen molar-refractivity contribution >= 4 is 16.4 Å². The van der Waals surface area contributed by atoms with Gasteiger partial charge in [0.2, 0.25) is 0 Å². The molecule has 0 aliphatic rings. The fraction of sp³-hybridized carbons (Fsp3) is 0.700. The quantitative estimate of drug-likeness (QED) is 0.433. The van der Waals surface area contributed by atoms with Crippen molar-refractivity contribution in [1.29, 1.82) is 0 Å². The summed E-state index contributed by atoms with van der Waals surface area (Å²) in [5, 5.41) is 0. The highest BCUT2D eigenvalue weighted by Gasteiger charge is 2.20. The number of rotatable bonds is 5. The SMILES string of the molecule is C=CC(=O)OCC(C)(C)CN(C)C.O=S(=O)(O)O. The molecule has 0 aromatic heterocycles. The van der Waals surface area contributed by atoms with Gasteiger partial charge in [0.05, 0.1) is 6.61 Å². The van der Waals surface area contributed by atoms with Crippen LogP contribution in [0.2, 0.25) is 0 Å². The van der Waals surface area contributed by atoms with Crippen LogP contribution < -0.4 is 0 Å². The van der Waals surface area contributed by atoms with Gasteiger partial charge in [-0.05, 0) is 14.1 Å². The largest absolute Gasteiger partial charge is 0.462 e. The highest BCUT2D eigenvalue weighted by Crippen LogP contribution is 2.16. The molecule has 0 saturated heterocycles. The average Bonchev–Trinajstić information content (AvgIpc) is 2.09. The Morgan fingerprint density at radius 2 is 1.78 bits per heavy atom. The third-order valence-corrected chi connectivity index (χ3v) is 1.52. The van der Waals surface area contributed by atoms with Gasteiger partial charge in [-0.1, -0.05) is 20.4 Å². The van der Waals surface area contributed by atoms with Crippen LogP contribution in [0.4, 0.5) is 0 Å². The molecule has 0 heterocycles. The molecule has 0 aromatic rings. The maximum absolute atomic E-state index is 10.8. The second-order valence-corrected chi connectivity index (χ2v) is 5.56. The number of hydrogen-bond donors (Lipinski definition) is 2. The number of ether oxygens (including phenoxy) is 1. The molecular weight excluding hydrogens is 262 g/mol. The Kier molecular flexibility index (Phi) is 8.83. The van der Waals surface area contributed by atoms with Gasteiger partial charge >= 0.3 is 16.4 Å². The van der Waals surface area contributed by atoms with E-state index in [0.29, 0.717) is 6.61 Å². The Morgan fingerprint density at radius 1 is 1.39 bits per heavy atom. The number of nitrogens with zero attached hydrogens (tertiary/aromatic N) is 1. The van der Waals surface area contributed by atoms with E-state index in [0.717, 1.165) is 6.54 Å². The van der Waals surface area contributed by atoms with Crippen molar-refractivity contribution in [3.8, 4) is 0 Å². The molecule has 0 aromatic carbocycles. The average molecular weight is 283 g/mol. The summed E-state index contributed by atoms with van der Waals surface area (Å²) in [6.07, 6.45) is 1.19. The smallest absolute Gasteiger partial charge is 0.394 e. The minimum atomic E-state index is -4.67. The first kappa shape index (κ1) is 19.4. The Balaban J connectivity index is 0. The third kappa shape index (κ3) is 20.5. The fourth-order valence-electron chi connectivity index (χ4n) is 1.23. The monoisotopic (exact) mass is 283 g/mol. The van der Waals surface area contributed by atoms with E-state index in [1.54, 1.807) is 0 Å². The van der Waals surface area contributed by atoms with Crippen molar-refractivity contribution in [3.63, 3.8) is 0 Å². The summed E-state index contributed by atoms with van der Waals surface area (Å²) >= 11 is 0. The minimum Gasteiger partial charge on any atom is -0.462 e. The molecule has 0 amide bonds. The van der Waals surface area contributed by atoms with Crippen LogP contribution >= 0.6 is 0 Å². The van der Waals surface area contributed by atoms with Gasteiger partial charge in [-0.25, -0.2) is 4.79 Å². The third-order valence-electron chi connectivity index (χ3n) is 1.52. The van der Waals surface area contributed by atoms with Crippen LogP contribution in [0.5, 0.6) is 0 Å². The first-order valence-electron chi connectivity index (χ1n) is 5.01. The van der Waals surface area contributed by atoms with Gasteiger partial charge in [0, 0.05) is 18.0 Å². The van der Waals surface area contributed by atoms with Gasteiger partial charge in [-0.3, -0.25) is 9.11 Å². The predicted molar refractivity (Wildman–Crippen MR) is 67.7 cm³/mol. The number of carbonyl (C=O) groups excluding carboxylic acids is 1. The molecule has 0 aliphatic carbocycles. The summed E-state index contributed by atoms with van der Waals surface area (Å²) in [5.74, 6) is -0.355. The molecule has 7 nitrogen and oxygen atoms in total. The number of hydrogen-bond acceptors (Lipinski definition) is 5. The van der Waals surface area contributed by atoms with E-state index in [-0.39, 0.29) is 11.4 Å². The Labute approximate surface area is 108 Å². The van der Waals surface area contributed by atoms with Gasteiger partial charge in [0.15, 0.2) is 0 Å². The van der Waals surface area contributed by atoms with E-state index in [1.807, 2.05) is 14.1 Å². The Bertz CT molecular complexity index is 353. The lowest BCUT2D eigenvalue weighted by molar-refractivity contribution is -0.140. The maximum Gasteiger partial charge on any atom is 0.394 e. The van der Waals surface area contributed by atoms with Gasteiger partial charge in [-0.2, -0.15) is 8.42 Å². The molecule has 0 aliphatic heterocycles. The fourth-order valence-corrected chi connectivity index (χ4v) is 1.23. The van der Waals surface area contributed by atoms with Crippen molar-refractivity contribution in [2.24, 2.45) is 5.41 Å². The molecule has 8 heteroatoms. The van der Waals surface area contributed by atoms with Crippen LogP contribution in [0, 0.1) is 5.41 Å². The summed E-state index contributed by atoms with van der Waals surface area (Å²) in [6.45, 7) is 8.77. The molecule has 0 radical (unpaired) electrons. The first-order chi connectivity index (χ1) is 7.87. The van der Waals surface area contributed by atoms with E-state index in [9.17, 15) is 4.79 Å². The van der Waals surface area contributed by atoms with E-state index in [2.05, 4.69) is 25.3 Å². The van der Waals surface area contributed by atoms with Crippen LogP contribution in [0.25, 0.3) is 0 Å². The second kappa shape index (κ2) is 8.20. The summed E-state index contributed by atoms with van der Waals surface area (Å²) in [5.41, 5.74) is -0.0117. The lowest BCUT2D eigenvalue weighted by Gasteiger charge is -2.27. The zero-order chi connectivity index (χ0) is 15.0. The number of carbonyl (C=O) groups is 1. The molecule has 108 valence electrons. The topological polar surface area (TPSA) is 104 Å². The lowest BCUT2D eigenvalue weighted by atomic mass is 9.94. The van der Waals surface area contributed by atoms with Crippen LogP contribution in [-0.4, -0.2) is 55.6 Å². The van der Waals surface area contributed by atoms with Gasteiger partial charge in [0.25, 0.3) is 0 Å². The van der Waals surface area contributed by atoms with E-state index in [1.165, 1.54) is 6.08 Å². The highest BCUT2D eigenvalue weighted by atomic mass is 32.3. The second-order valence-electron chi connectivity index (χ2n) is 4.66. The van der Waals surface area contributed by atoms with Gasteiger partial charge < -0.3 is 9.64 Å². The van der Waals surface area contributed by atoms with Crippen molar-refractivity contribution in [2.45, 2.75) is 13.8 Å². The molecule has 0 fully saturated rings. The zero-order valence-corrected chi connectivity index (χ0v) is 11.9. The molecule has 0 rings (SSSR count). The van der Waals surface area contributed by atoms with E-state index in [4.69, 9.17) is 22.3 Å². The van der Waals surface area contributed by atoms with E-state index >= 15 is 0 Å². The van der Waals surface area contributed by atoms with Crippen molar-refractivity contribution in [2.75, 3.05) is 27.2 Å². The Hall–Kier alpha value is -0.960. The predicted octanol–water partition coefficient (Wildman–Crippen LogP) is 0.651. The summed E-state index contributed by atoms with van der Waals surface area (Å²) in [7, 11) is -0.672. The molecule has 0 bridgehead atoms.